The van der Waals surface area contributed by atoms with Crippen molar-refractivity contribution in [1.82, 2.24) is 9.62 Å². The van der Waals surface area contributed by atoms with Gasteiger partial charge in [0.2, 0.25) is 10.0 Å². The number of aliphatic hydroxyl groups is 1. The first-order valence-corrected chi connectivity index (χ1v) is 17.0. The zero-order chi connectivity index (χ0) is 30.9. The van der Waals surface area contributed by atoms with Gasteiger partial charge in [-0.05, 0) is 49.4 Å². The van der Waals surface area contributed by atoms with Crippen LogP contribution in [-0.4, -0.2) is 88.5 Å². The topological polar surface area (TPSA) is 133 Å². The van der Waals surface area contributed by atoms with Crippen LogP contribution in [0.1, 0.15) is 49.7 Å². The minimum atomic E-state index is -4.04. The van der Waals surface area contributed by atoms with E-state index in [1.54, 1.807) is 12.1 Å². The Hall–Kier alpha value is -2.74. The van der Waals surface area contributed by atoms with Crippen molar-refractivity contribution in [2.24, 2.45) is 5.92 Å². The van der Waals surface area contributed by atoms with E-state index in [2.05, 4.69) is 5.32 Å². The number of fused-ring (bicyclic) bond motifs is 2. The summed E-state index contributed by atoms with van der Waals surface area (Å²) in [5.74, 6) is 0.504. The van der Waals surface area contributed by atoms with Crippen molar-refractivity contribution in [2.45, 2.75) is 81.0 Å². The number of hydrogen-bond acceptors (Lipinski definition) is 9. The number of rotatable bonds is 8. The van der Waals surface area contributed by atoms with Crippen LogP contribution in [0.25, 0.3) is 0 Å². The predicted octanol–water partition coefficient (Wildman–Crippen LogP) is 3.63. The third kappa shape index (κ3) is 8.29. The summed E-state index contributed by atoms with van der Waals surface area (Å²) in [6.45, 7) is 1.49. The van der Waals surface area contributed by atoms with Gasteiger partial charge in [0.25, 0.3) is 0 Å². The molecule has 2 fully saturated rings. The molecule has 3 aliphatic heterocycles. The molecule has 0 radical (unpaired) electrons. The van der Waals surface area contributed by atoms with Gasteiger partial charge in [0.05, 0.1) is 49.9 Å². The summed E-state index contributed by atoms with van der Waals surface area (Å²) in [5.41, 5.74) is 1.38. The fraction of sp³-hybridized carbons (Fsp3) is 0.594. The molecule has 2 aromatic rings. The molecule has 0 aromatic heterocycles. The SMILES string of the molecule is COc1ccc2c(c1)COCCCCCCCN(C[C@@H](O)[C@H](Cc1ccccc1)NC(=O)O[C@H]1CO[C@H]3OCC[C@H]31)S2(=O)=O. The van der Waals surface area contributed by atoms with Crippen LogP contribution < -0.4 is 10.1 Å². The van der Waals surface area contributed by atoms with Gasteiger partial charge >= 0.3 is 6.09 Å². The largest absolute Gasteiger partial charge is 0.497 e. The fourth-order valence-electron chi connectivity index (χ4n) is 6.06. The summed E-state index contributed by atoms with van der Waals surface area (Å²) >= 11 is 0. The number of sulfonamides is 1. The number of ether oxygens (including phenoxy) is 5. The van der Waals surface area contributed by atoms with Crippen molar-refractivity contribution < 1.29 is 42.0 Å². The molecule has 3 heterocycles. The number of amides is 1. The number of carbonyl (C=O) groups is 1. The van der Waals surface area contributed by atoms with E-state index in [1.165, 1.54) is 17.5 Å². The number of hydrogen-bond donors (Lipinski definition) is 2. The normalized spacial score (nSPS) is 25.7. The van der Waals surface area contributed by atoms with Crippen molar-refractivity contribution in [3.63, 3.8) is 0 Å². The number of nitrogens with one attached hydrogen (secondary N) is 1. The van der Waals surface area contributed by atoms with E-state index in [9.17, 15) is 18.3 Å². The number of alkyl carbamates (subject to hydrolysis) is 1. The molecule has 11 nitrogen and oxygen atoms in total. The molecule has 242 valence electrons. The maximum Gasteiger partial charge on any atom is 0.407 e. The number of aliphatic hydroxyl groups excluding tert-OH is 1. The van der Waals surface area contributed by atoms with Crippen LogP contribution in [0.5, 0.6) is 5.75 Å². The summed E-state index contributed by atoms with van der Waals surface area (Å²) in [7, 11) is -2.51. The minimum absolute atomic E-state index is 0.0300. The Morgan fingerprint density at radius 1 is 1.07 bits per heavy atom. The number of carbonyl (C=O) groups excluding carboxylic acids is 1. The quantitative estimate of drug-likeness (QED) is 0.448. The third-order valence-electron chi connectivity index (χ3n) is 8.54. The summed E-state index contributed by atoms with van der Waals surface area (Å²) in [6.07, 6.45) is 2.64. The second-order valence-electron chi connectivity index (χ2n) is 11.6. The van der Waals surface area contributed by atoms with Crippen molar-refractivity contribution in [3.05, 3.63) is 59.7 Å². The van der Waals surface area contributed by atoms with E-state index in [0.717, 1.165) is 37.7 Å². The molecule has 0 spiro atoms. The smallest absolute Gasteiger partial charge is 0.407 e. The number of benzene rings is 2. The third-order valence-corrected chi connectivity index (χ3v) is 10.5. The van der Waals surface area contributed by atoms with E-state index in [4.69, 9.17) is 23.7 Å². The lowest BCUT2D eigenvalue weighted by molar-refractivity contribution is -0.0907. The highest BCUT2D eigenvalue weighted by Crippen LogP contribution is 2.33. The van der Waals surface area contributed by atoms with Gasteiger partial charge in [0, 0.05) is 25.3 Å². The average Bonchev–Trinajstić information content (AvgIpc) is 3.64. The lowest BCUT2D eigenvalue weighted by Gasteiger charge is -2.30. The van der Waals surface area contributed by atoms with E-state index in [0.29, 0.717) is 30.9 Å². The van der Waals surface area contributed by atoms with E-state index in [1.807, 2.05) is 30.3 Å². The maximum atomic E-state index is 14.2. The standard InChI is InChI=1S/C32H44N2O9S/c1-39-25-12-13-30-24(19-25)21-40-16-9-4-2-3-8-15-34(44(30,37)38)20-28(35)27(18-23-10-6-5-7-11-23)33-32(36)43-29-22-42-31-26(29)14-17-41-31/h5-7,10-13,19,26-29,31,35H,2-4,8-9,14-18,20-22H2,1H3,(H,33,36)/t26-,27-,28+,29-,31+/m0/s1. The van der Waals surface area contributed by atoms with Crippen molar-refractivity contribution in [1.29, 1.82) is 0 Å². The summed E-state index contributed by atoms with van der Waals surface area (Å²) in [4.78, 5) is 13.2. The van der Waals surface area contributed by atoms with Crippen LogP contribution in [-0.2, 0) is 42.0 Å². The fourth-order valence-corrected chi connectivity index (χ4v) is 7.74. The Kier molecular flexibility index (Phi) is 11.5. The van der Waals surface area contributed by atoms with Gasteiger partial charge in [0.1, 0.15) is 11.9 Å². The molecule has 2 aromatic carbocycles. The maximum absolute atomic E-state index is 14.2. The number of β-amino-alcohol motifs (C(OH)–C–C–N with tert-alkyl or cyclic N) is 1. The van der Waals surface area contributed by atoms with Gasteiger partial charge in [-0.3, -0.25) is 0 Å². The van der Waals surface area contributed by atoms with Gasteiger partial charge in [-0.15, -0.1) is 0 Å². The molecular formula is C32H44N2O9S. The zero-order valence-electron chi connectivity index (χ0n) is 25.3. The summed E-state index contributed by atoms with van der Waals surface area (Å²) in [5, 5.41) is 14.4. The monoisotopic (exact) mass is 632 g/mol. The van der Waals surface area contributed by atoms with E-state index < -0.39 is 34.4 Å². The average molecular weight is 633 g/mol. The van der Waals surface area contributed by atoms with Crippen molar-refractivity contribution >= 4 is 16.1 Å². The van der Waals surface area contributed by atoms with E-state index >= 15 is 0 Å². The minimum Gasteiger partial charge on any atom is -0.497 e. The van der Waals surface area contributed by atoms with Crippen LogP contribution in [0.3, 0.4) is 0 Å². The molecule has 2 N–H and O–H groups in total. The first-order chi connectivity index (χ1) is 21.3. The Labute approximate surface area is 259 Å². The van der Waals surface area contributed by atoms with Crippen LogP contribution in [0.15, 0.2) is 53.4 Å². The Bertz CT molecular complexity index is 1330. The second kappa shape index (κ2) is 15.5. The van der Waals surface area contributed by atoms with Gasteiger partial charge in [-0.1, -0.05) is 49.6 Å². The molecule has 44 heavy (non-hydrogen) atoms. The number of methoxy groups -OCH3 is 1. The highest BCUT2D eigenvalue weighted by Gasteiger charge is 2.44. The molecule has 5 rings (SSSR count). The molecule has 2 saturated heterocycles. The highest BCUT2D eigenvalue weighted by atomic mass is 32.2. The lowest BCUT2D eigenvalue weighted by atomic mass is 10.0. The van der Waals surface area contributed by atoms with Crippen molar-refractivity contribution in [2.75, 3.05) is 40.0 Å². The Morgan fingerprint density at radius 3 is 2.68 bits per heavy atom. The van der Waals surface area contributed by atoms with Crippen LogP contribution in [0, 0.1) is 5.92 Å². The molecular weight excluding hydrogens is 588 g/mol. The van der Waals surface area contributed by atoms with E-state index in [-0.39, 0.29) is 49.8 Å². The molecule has 0 bridgehead atoms. The van der Waals surface area contributed by atoms with Gasteiger partial charge in [-0.25, -0.2) is 13.2 Å². The van der Waals surface area contributed by atoms with Crippen LogP contribution in [0.4, 0.5) is 4.79 Å². The Morgan fingerprint density at radius 2 is 1.86 bits per heavy atom. The van der Waals surface area contributed by atoms with Crippen LogP contribution >= 0.6 is 0 Å². The molecule has 0 saturated carbocycles. The predicted molar refractivity (Wildman–Crippen MR) is 162 cm³/mol. The highest BCUT2D eigenvalue weighted by molar-refractivity contribution is 7.89. The summed E-state index contributed by atoms with van der Waals surface area (Å²) in [6, 6.07) is 13.5. The number of nitrogens with zero attached hydrogens (tertiary/aromatic N) is 1. The molecule has 5 atom stereocenters. The second-order valence-corrected chi connectivity index (χ2v) is 13.5. The Balaban J connectivity index is 1.37. The van der Waals surface area contributed by atoms with Crippen LogP contribution in [0.2, 0.25) is 0 Å². The molecule has 0 aliphatic carbocycles. The summed E-state index contributed by atoms with van der Waals surface area (Å²) < 4.78 is 57.8. The first-order valence-electron chi connectivity index (χ1n) is 15.5. The first kappa shape index (κ1) is 32.6. The van der Waals surface area contributed by atoms with Gasteiger partial charge in [0.15, 0.2) is 6.29 Å². The van der Waals surface area contributed by atoms with Gasteiger partial charge in [-0.2, -0.15) is 4.31 Å². The lowest BCUT2D eigenvalue weighted by Crippen LogP contribution is -2.51. The molecule has 3 aliphatic rings. The molecule has 12 heteroatoms. The zero-order valence-corrected chi connectivity index (χ0v) is 26.1. The van der Waals surface area contributed by atoms with Gasteiger partial charge < -0.3 is 34.1 Å². The molecule has 1 amide bonds. The molecule has 0 unspecified atom stereocenters. The van der Waals surface area contributed by atoms with Crippen molar-refractivity contribution in [3.8, 4) is 5.75 Å².